The second kappa shape index (κ2) is 4.33. The van der Waals surface area contributed by atoms with Crippen molar-refractivity contribution >= 4 is 5.69 Å². The molecule has 0 saturated carbocycles. The second-order valence-electron chi connectivity index (χ2n) is 3.87. The fourth-order valence-corrected chi connectivity index (χ4v) is 1.77. The zero-order valence-corrected chi connectivity index (χ0v) is 8.77. The zero-order chi connectivity index (χ0) is 11.7. The smallest absolute Gasteiger partial charge is 0.194 e. The van der Waals surface area contributed by atoms with Crippen LogP contribution in [0.3, 0.4) is 0 Å². The molecule has 1 aromatic rings. The van der Waals surface area contributed by atoms with Crippen molar-refractivity contribution in [2.24, 2.45) is 0 Å². The summed E-state index contributed by atoms with van der Waals surface area (Å²) in [5.74, 6) is -3.82. The van der Waals surface area contributed by atoms with Crippen LogP contribution in [0.1, 0.15) is 13.3 Å². The van der Waals surface area contributed by atoms with Gasteiger partial charge in [0.15, 0.2) is 17.5 Å². The maximum atomic E-state index is 12.9. The lowest BCUT2D eigenvalue weighted by Crippen LogP contribution is -2.26. The average molecular weight is 231 g/mol. The molecule has 1 aromatic carbocycles. The van der Waals surface area contributed by atoms with E-state index in [-0.39, 0.29) is 17.8 Å². The fraction of sp³-hybridized carbons (Fsp3) is 0.455. The summed E-state index contributed by atoms with van der Waals surface area (Å²) in [4.78, 5) is 0. The van der Waals surface area contributed by atoms with Crippen LogP contribution in [0, 0.1) is 17.5 Å². The normalized spacial score (nSPS) is 24.8. The lowest BCUT2D eigenvalue weighted by Gasteiger charge is -2.17. The summed E-state index contributed by atoms with van der Waals surface area (Å²) in [5, 5.41) is 2.93. The van der Waals surface area contributed by atoms with E-state index in [1.54, 1.807) is 0 Å². The Kier molecular flexibility index (Phi) is 3.05. The number of benzene rings is 1. The van der Waals surface area contributed by atoms with E-state index in [0.717, 1.165) is 18.6 Å². The topological polar surface area (TPSA) is 21.3 Å². The number of anilines is 1. The summed E-state index contributed by atoms with van der Waals surface area (Å²) in [6, 6.07) is 1.90. The van der Waals surface area contributed by atoms with Crippen LogP contribution in [0.5, 0.6) is 0 Å². The highest BCUT2D eigenvalue weighted by Crippen LogP contribution is 2.22. The molecule has 2 atom stereocenters. The highest BCUT2D eigenvalue weighted by molar-refractivity contribution is 5.45. The molecular formula is C11H12F3NO. The average Bonchev–Trinajstić information content (AvgIpc) is 2.61. The molecule has 5 heteroatoms. The number of ether oxygens (including phenoxy) is 1. The highest BCUT2D eigenvalue weighted by Gasteiger charge is 2.24. The first-order chi connectivity index (χ1) is 7.58. The molecule has 16 heavy (non-hydrogen) atoms. The predicted octanol–water partition coefficient (Wildman–Crippen LogP) is 2.69. The van der Waals surface area contributed by atoms with Crippen LogP contribution in [0.25, 0.3) is 0 Å². The first-order valence-electron chi connectivity index (χ1n) is 5.10. The summed E-state index contributed by atoms with van der Waals surface area (Å²) >= 11 is 0. The van der Waals surface area contributed by atoms with Crippen molar-refractivity contribution in [1.82, 2.24) is 0 Å². The van der Waals surface area contributed by atoms with Gasteiger partial charge in [-0.15, -0.1) is 0 Å². The van der Waals surface area contributed by atoms with Crippen LogP contribution < -0.4 is 5.32 Å². The molecule has 88 valence electrons. The molecule has 2 nitrogen and oxygen atoms in total. The number of rotatable bonds is 2. The van der Waals surface area contributed by atoms with Gasteiger partial charge in [0.1, 0.15) is 0 Å². The molecule has 2 rings (SSSR count). The molecular weight excluding hydrogens is 219 g/mol. The molecule has 0 aromatic heterocycles. The van der Waals surface area contributed by atoms with Crippen LogP contribution in [0.15, 0.2) is 12.1 Å². The molecule has 1 N–H and O–H groups in total. The zero-order valence-electron chi connectivity index (χ0n) is 8.77. The third kappa shape index (κ3) is 2.14. The minimum absolute atomic E-state index is 0.00395. The van der Waals surface area contributed by atoms with Gasteiger partial charge in [0, 0.05) is 24.4 Å². The Morgan fingerprint density at radius 1 is 1.25 bits per heavy atom. The SMILES string of the molecule is CC1OCCC1Nc1cc(F)c(F)c(F)c1. The maximum absolute atomic E-state index is 12.9. The highest BCUT2D eigenvalue weighted by atomic mass is 19.2. The molecule has 0 spiro atoms. The van der Waals surface area contributed by atoms with E-state index in [1.807, 2.05) is 6.92 Å². The minimum Gasteiger partial charge on any atom is -0.379 e. The number of nitrogens with one attached hydrogen (secondary N) is 1. The Labute approximate surface area is 91.4 Å². The number of hydrogen-bond acceptors (Lipinski definition) is 2. The van der Waals surface area contributed by atoms with E-state index in [0.29, 0.717) is 6.61 Å². The third-order valence-corrected chi connectivity index (χ3v) is 2.71. The van der Waals surface area contributed by atoms with Gasteiger partial charge in [-0.2, -0.15) is 0 Å². The standard InChI is InChI=1S/C11H12F3NO/c1-6-10(2-3-16-6)15-7-4-8(12)11(14)9(13)5-7/h4-6,10,15H,2-3H2,1H3. The Morgan fingerprint density at radius 3 is 2.38 bits per heavy atom. The van der Waals surface area contributed by atoms with Gasteiger partial charge >= 0.3 is 0 Å². The number of hydrogen-bond donors (Lipinski definition) is 1. The van der Waals surface area contributed by atoms with Gasteiger partial charge in [-0.3, -0.25) is 0 Å². The molecule has 0 radical (unpaired) electrons. The first-order valence-corrected chi connectivity index (χ1v) is 5.10. The van der Waals surface area contributed by atoms with Crippen molar-refractivity contribution in [3.8, 4) is 0 Å². The maximum Gasteiger partial charge on any atom is 0.194 e. The molecule has 1 heterocycles. The Bertz CT molecular complexity index is 374. The van der Waals surface area contributed by atoms with E-state index in [4.69, 9.17) is 4.74 Å². The van der Waals surface area contributed by atoms with Gasteiger partial charge in [0.05, 0.1) is 12.1 Å². The quantitative estimate of drug-likeness (QED) is 0.790. The molecule has 1 aliphatic rings. The van der Waals surface area contributed by atoms with Crippen molar-refractivity contribution < 1.29 is 17.9 Å². The van der Waals surface area contributed by atoms with E-state index in [9.17, 15) is 13.2 Å². The van der Waals surface area contributed by atoms with Crippen LogP contribution in [0.2, 0.25) is 0 Å². The van der Waals surface area contributed by atoms with Crippen molar-refractivity contribution in [2.75, 3.05) is 11.9 Å². The Morgan fingerprint density at radius 2 is 1.88 bits per heavy atom. The Balaban J connectivity index is 2.15. The monoisotopic (exact) mass is 231 g/mol. The Hall–Kier alpha value is -1.23. The summed E-state index contributed by atoms with van der Waals surface area (Å²) in [5.41, 5.74) is 0.235. The molecule has 1 fully saturated rings. The van der Waals surface area contributed by atoms with Gasteiger partial charge < -0.3 is 10.1 Å². The lowest BCUT2D eigenvalue weighted by atomic mass is 10.1. The van der Waals surface area contributed by atoms with Crippen molar-refractivity contribution in [3.63, 3.8) is 0 Å². The molecule has 1 aliphatic heterocycles. The van der Waals surface area contributed by atoms with E-state index in [2.05, 4.69) is 5.32 Å². The molecule has 0 bridgehead atoms. The van der Waals surface area contributed by atoms with Gasteiger partial charge in [-0.1, -0.05) is 0 Å². The van der Waals surface area contributed by atoms with E-state index >= 15 is 0 Å². The van der Waals surface area contributed by atoms with Crippen molar-refractivity contribution in [3.05, 3.63) is 29.6 Å². The second-order valence-corrected chi connectivity index (χ2v) is 3.87. The lowest BCUT2D eigenvalue weighted by molar-refractivity contribution is 0.121. The summed E-state index contributed by atoms with van der Waals surface area (Å²) < 4.78 is 43.8. The fourth-order valence-electron chi connectivity index (χ4n) is 1.77. The molecule has 0 amide bonds. The van der Waals surface area contributed by atoms with Crippen LogP contribution >= 0.6 is 0 Å². The summed E-state index contributed by atoms with van der Waals surface area (Å²) in [7, 11) is 0. The first kappa shape index (κ1) is 11.3. The molecule has 2 unspecified atom stereocenters. The minimum atomic E-state index is -1.44. The summed E-state index contributed by atoms with van der Waals surface area (Å²) in [6.45, 7) is 2.49. The molecule has 1 saturated heterocycles. The predicted molar refractivity (Wildman–Crippen MR) is 53.8 cm³/mol. The van der Waals surface area contributed by atoms with Gasteiger partial charge in [-0.25, -0.2) is 13.2 Å². The van der Waals surface area contributed by atoms with Gasteiger partial charge in [0.2, 0.25) is 0 Å². The third-order valence-electron chi connectivity index (χ3n) is 2.71. The largest absolute Gasteiger partial charge is 0.379 e. The number of halogens is 3. The van der Waals surface area contributed by atoms with Gasteiger partial charge in [-0.05, 0) is 13.3 Å². The van der Waals surface area contributed by atoms with Crippen molar-refractivity contribution in [2.45, 2.75) is 25.5 Å². The van der Waals surface area contributed by atoms with Crippen LogP contribution in [-0.2, 0) is 4.74 Å². The van der Waals surface area contributed by atoms with Crippen molar-refractivity contribution in [1.29, 1.82) is 0 Å². The van der Waals surface area contributed by atoms with Crippen LogP contribution in [0.4, 0.5) is 18.9 Å². The van der Waals surface area contributed by atoms with E-state index in [1.165, 1.54) is 0 Å². The van der Waals surface area contributed by atoms with Crippen LogP contribution in [-0.4, -0.2) is 18.8 Å². The summed E-state index contributed by atoms with van der Waals surface area (Å²) in [6.07, 6.45) is 0.748. The van der Waals surface area contributed by atoms with E-state index < -0.39 is 17.5 Å². The molecule has 0 aliphatic carbocycles. The van der Waals surface area contributed by atoms with Gasteiger partial charge in [0.25, 0.3) is 0 Å².